The molecule has 9 heteroatoms. The minimum atomic E-state index is -4.42. The van der Waals surface area contributed by atoms with Gasteiger partial charge in [-0.15, -0.1) is 0 Å². The van der Waals surface area contributed by atoms with Crippen molar-refractivity contribution in [1.29, 1.82) is 0 Å². The number of aliphatic hydroxyl groups is 1. The van der Waals surface area contributed by atoms with Crippen LogP contribution in [0.1, 0.15) is 31.9 Å². The molecule has 4 rings (SSSR count). The van der Waals surface area contributed by atoms with Gasteiger partial charge in [-0.2, -0.15) is 13.2 Å². The molecule has 1 atom stereocenters. The molecule has 2 aromatic carbocycles. The van der Waals surface area contributed by atoms with E-state index in [9.17, 15) is 23.1 Å². The largest absolute Gasteiger partial charge is 0.444 e. The molecule has 35 heavy (non-hydrogen) atoms. The number of rotatable bonds is 4. The maximum absolute atomic E-state index is 13.3. The SMILES string of the molecule is Cc1ccc2c(c1)c1cc(C(F)(F)F)ccc1n2CC(O)CN1CCN(C(=O)OC(C)(C)C)CC1. The van der Waals surface area contributed by atoms with E-state index in [1.807, 2.05) is 50.5 Å². The average Bonchev–Trinajstić information content (AvgIpc) is 3.04. The monoisotopic (exact) mass is 491 g/mol. The maximum Gasteiger partial charge on any atom is 0.416 e. The van der Waals surface area contributed by atoms with Crippen molar-refractivity contribution < 1.29 is 27.8 Å². The minimum Gasteiger partial charge on any atom is -0.444 e. The van der Waals surface area contributed by atoms with E-state index in [4.69, 9.17) is 4.74 Å². The van der Waals surface area contributed by atoms with Crippen LogP contribution >= 0.6 is 0 Å². The predicted molar refractivity (Wildman–Crippen MR) is 129 cm³/mol. The standard InChI is InChI=1S/C26H32F3N3O3/c1-17-5-7-22-20(13-17)21-14-18(26(27,28)29)6-8-23(21)32(22)16-19(33)15-30-9-11-31(12-10-30)24(34)35-25(2,3)4/h5-8,13-14,19,33H,9-12,15-16H2,1-4H3. The average molecular weight is 492 g/mol. The van der Waals surface area contributed by atoms with Crippen molar-refractivity contribution >= 4 is 27.9 Å². The fraction of sp³-hybridized carbons (Fsp3) is 0.500. The van der Waals surface area contributed by atoms with Crippen molar-refractivity contribution in [2.24, 2.45) is 0 Å². The second-order valence-electron chi connectivity index (χ2n) is 10.3. The number of aliphatic hydroxyl groups excluding tert-OH is 1. The van der Waals surface area contributed by atoms with Crippen molar-refractivity contribution in [1.82, 2.24) is 14.4 Å². The molecule has 1 fully saturated rings. The van der Waals surface area contributed by atoms with E-state index in [1.165, 1.54) is 12.1 Å². The van der Waals surface area contributed by atoms with Crippen LogP contribution in [0.25, 0.3) is 21.8 Å². The van der Waals surface area contributed by atoms with Gasteiger partial charge in [0.15, 0.2) is 0 Å². The van der Waals surface area contributed by atoms with Gasteiger partial charge in [-0.05, 0) is 58.0 Å². The summed E-state index contributed by atoms with van der Waals surface area (Å²) in [5.74, 6) is 0. The number of halogens is 3. The molecule has 1 amide bonds. The number of carbonyl (C=O) groups is 1. The number of benzene rings is 2. The van der Waals surface area contributed by atoms with E-state index in [2.05, 4.69) is 4.90 Å². The minimum absolute atomic E-state index is 0.251. The Balaban J connectivity index is 1.49. The van der Waals surface area contributed by atoms with Crippen LogP contribution < -0.4 is 0 Å². The van der Waals surface area contributed by atoms with Crippen LogP contribution in [0.4, 0.5) is 18.0 Å². The Hall–Kier alpha value is -2.78. The van der Waals surface area contributed by atoms with Crippen LogP contribution in [0.15, 0.2) is 36.4 Å². The molecule has 1 saturated heterocycles. The van der Waals surface area contributed by atoms with E-state index in [-0.39, 0.29) is 12.6 Å². The van der Waals surface area contributed by atoms with E-state index in [1.54, 1.807) is 4.90 Å². The molecular formula is C26H32F3N3O3. The third-order valence-corrected chi connectivity index (χ3v) is 6.23. The molecule has 190 valence electrons. The van der Waals surface area contributed by atoms with Crippen LogP contribution in [-0.2, 0) is 17.5 Å². The molecule has 1 unspecified atom stereocenters. The lowest BCUT2D eigenvalue weighted by atomic mass is 10.1. The number of ether oxygens (including phenoxy) is 1. The second-order valence-corrected chi connectivity index (χ2v) is 10.3. The number of β-amino-alcohol motifs (C(OH)–C–C–N with tert-alkyl or cyclic N) is 1. The number of aromatic nitrogens is 1. The number of carbonyl (C=O) groups excluding carboxylic acids is 1. The summed E-state index contributed by atoms with van der Waals surface area (Å²) in [6.07, 6.45) is -5.49. The first-order chi connectivity index (χ1) is 16.3. The first-order valence-electron chi connectivity index (χ1n) is 11.8. The van der Waals surface area contributed by atoms with E-state index >= 15 is 0 Å². The van der Waals surface area contributed by atoms with Crippen molar-refractivity contribution in [2.75, 3.05) is 32.7 Å². The molecule has 1 aromatic heterocycles. The van der Waals surface area contributed by atoms with Crippen LogP contribution in [0, 0.1) is 6.92 Å². The molecule has 1 N–H and O–H groups in total. The molecule has 0 aliphatic carbocycles. The fourth-order valence-corrected chi connectivity index (χ4v) is 4.60. The summed E-state index contributed by atoms with van der Waals surface area (Å²) in [5.41, 5.74) is 1.17. The highest BCUT2D eigenvalue weighted by Gasteiger charge is 2.31. The number of piperazine rings is 1. The van der Waals surface area contributed by atoms with E-state index in [0.29, 0.717) is 43.6 Å². The van der Waals surface area contributed by atoms with Crippen molar-refractivity contribution in [2.45, 2.75) is 52.1 Å². The van der Waals surface area contributed by atoms with Crippen molar-refractivity contribution in [3.8, 4) is 0 Å². The lowest BCUT2D eigenvalue weighted by Gasteiger charge is -2.36. The Bertz CT molecular complexity index is 1220. The van der Waals surface area contributed by atoms with Crippen LogP contribution in [0.5, 0.6) is 0 Å². The number of alkyl halides is 3. The predicted octanol–water partition coefficient (Wildman–Crippen LogP) is 5.04. The zero-order valence-corrected chi connectivity index (χ0v) is 20.5. The van der Waals surface area contributed by atoms with E-state index in [0.717, 1.165) is 22.5 Å². The van der Waals surface area contributed by atoms with Gasteiger partial charge < -0.3 is 19.3 Å². The van der Waals surface area contributed by atoms with Crippen LogP contribution in [0.2, 0.25) is 0 Å². The Labute approximate surface area is 202 Å². The van der Waals surface area contributed by atoms with E-state index < -0.39 is 23.4 Å². The van der Waals surface area contributed by atoms with Crippen molar-refractivity contribution in [3.63, 3.8) is 0 Å². The summed E-state index contributed by atoms with van der Waals surface area (Å²) >= 11 is 0. The molecule has 0 spiro atoms. The van der Waals surface area contributed by atoms with Gasteiger partial charge in [-0.1, -0.05) is 11.6 Å². The van der Waals surface area contributed by atoms with Gasteiger partial charge in [-0.3, -0.25) is 4.90 Å². The lowest BCUT2D eigenvalue weighted by Crippen LogP contribution is -2.51. The molecule has 6 nitrogen and oxygen atoms in total. The zero-order chi connectivity index (χ0) is 25.5. The molecule has 3 aromatic rings. The maximum atomic E-state index is 13.3. The topological polar surface area (TPSA) is 57.9 Å². The fourth-order valence-electron chi connectivity index (χ4n) is 4.60. The number of hydrogen-bond acceptors (Lipinski definition) is 4. The number of hydrogen-bond donors (Lipinski definition) is 1. The Morgan fingerprint density at radius 2 is 1.57 bits per heavy atom. The van der Waals surface area contributed by atoms with Gasteiger partial charge in [0.2, 0.25) is 0 Å². The smallest absolute Gasteiger partial charge is 0.416 e. The molecule has 2 heterocycles. The molecule has 1 aliphatic rings. The van der Waals surface area contributed by atoms with Gasteiger partial charge in [0.1, 0.15) is 5.60 Å². The molecule has 0 bridgehead atoms. The number of nitrogens with zero attached hydrogens (tertiary/aromatic N) is 3. The molecule has 0 radical (unpaired) electrons. The third-order valence-electron chi connectivity index (χ3n) is 6.23. The van der Waals surface area contributed by atoms with Gasteiger partial charge in [-0.25, -0.2) is 4.79 Å². The van der Waals surface area contributed by atoms with Gasteiger partial charge >= 0.3 is 12.3 Å². The number of aryl methyl sites for hydroxylation is 1. The summed E-state index contributed by atoms with van der Waals surface area (Å²) < 4.78 is 47.4. The highest BCUT2D eigenvalue weighted by molar-refractivity contribution is 6.08. The van der Waals surface area contributed by atoms with Crippen LogP contribution in [0.3, 0.4) is 0 Å². The highest BCUT2D eigenvalue weighted by atomic mass is 19.4. The zero-order valence-electron chi connectivity index (χ0n) is 20.5. The Morgan fingerprint density at radius 3 is 2.17 bits per heavy atom. The van der Waals surface area contributed by atoms with Crippen molar-refractivity contribution in [3.05, 3.63) is 47.5 Å². The second kappa shape index (κ2) is 9.35. The van der Waals surface area contributed by atoms with Crippen LogP contribution in [-0.4, -0.2) is 70.0 Å². The summed E-state index contributed by atoms with van der Waals surface area (Å²) in [7, 11) is 0. The lowest BCUT2D eigenvalue weighted by molar-refractivity contribution is -0.137. The Kier molecular flexibility index (Phi) is 6.76. The molecule has 1 aliphatic heterocycles. The van der Waals surface area contributed by atoms with Gasteiger partial charge in [0, 0.05) is 54.5 Å². The van der Waals surface area contributed by atoms with Gasteiger partial charge in [0.25, 0.3) is 0 Å². The summed E-state index contributed by atoms with van der Waals surface area (Å²) in [4.78, 5) is 16.0. The number of fused-ring (bicyclic) bond motifs is 3. The first kappa shape index (κ1) is 25.3. The normalized spacial score (nSPS) is 16.7. The molecular weight excluding hydrogens is 459 g/mol. The summed E-state index contributed by atoms with van der Waals surface area (Å²) in [6, 6.07) is 9.47. The number of amides is 1. The molecule has 0 saturated carbocycles. The first-order valence-corrected chi connectivity index (χ1v) is 11.8. The summed E-state index contributed by atoms with van der Waals surface area (Å²) in [5, 5.41) is 12.2. The summed E-state index contributed by atoms with van der Waals surface area (Å²) in [6.45, 7) is 10.3. The quantitative estimate of drug-likeness (QED) is 0.556. The highest BCUT2D eigenvalue weighted by Crippen LogP contribution is 2.36. The van der Waals surface area contributed by atoms with Gasteiger partial charge in [0.05, 0.1) is 18.2 Å². The Morgan fingerprint density at radius 1 is 0.971 bits per heavy atom. The third kappa shape index (κ3) is 5.73.